The Morgan fingerprint density at radius 2 is 1.71 bits per heavy atom. The number of benzene rings is 2. The van der Waals surface area contributed by atoms with Crippen LogP contribution >= 0.6 is 15.9 Å². The normalized spacial score (nSPS) is 13.4. The first-order chi connectivity index (χ1) is 12.9. The van der Waals surface area contributed by atoms with Crippen molar-refractivity contribution >= 4 is 31.9 Å². The lowest BCUT2D eigenvalue weighted by atomic mass is 9.85. The number of hydrogen-bond donors (Lipinski definition) is 1. The summed E-state index contributed by atoms with van der Waals surface area (Å²) in [5.74, 6) is -0.305. The predicted molar refractivity (Wildman–Crippen MR) is 116 cm³/mol. The third-order valence-corrected chi connectivity index (χ3v) is 7.08. The fourth-order valence-corrected chi connectivity index (χ4v) is 4.67. The van der Waals surface area contributed by atoms with E-state index in [1.165, 1.54) is 20.2 Å². The first-order valence-corrected chi connectivity index (χ1v) is 11.2. The highest BCUT2D eigenvalue weighted by molar-refractivity contribution is 9.10. The summed E-state index contributed by atoms with van der Waals surface area (Å²) in [6.07, 6.45) is 0.752. The van der Waals surface area contributed by atoms with Crippen molar-refractivity contribution in [3.05, 3.63) is 64.1 Å². The van der Waals surface area contributed by atoms with Crippen LogP contribution in [0, 0.1) is 5.41 Å². The summed E-state index contributed by atoms with van der Waals surface area (Å²) in [4.78, 5) is 13.0. The number of amides is 1. The van der Waals surface area contributed by atoms with Gasteiger partial charge in [0.1, 0.15) is 0 Å². The molecule has 0 radical (unpaired) electrons. The molecule has 0 aliphatic rings. The molecule has 1 amide bonds. The third-order valence-electron chi connectivity index (χ3n) is 4.28. The Morgan fingerprint density at radius 3 is 2.25 bits per heavy atom. The third kappa shape index (κ3) is 5.65. The zero-order chi connectivity index (χ0) is 21.1. The van der Waals surface area contributed by atoms with Crippen LogP contribution in [-0.2, 0) is 10.0 Å². The lowest BCUT2D eigenvalue weighted by molar-refractivity contribution is 0.0926. The maximum absolute atomic E-state index is 12.9. The predicted octanol–water partition coefficient (Wildman–Crippen LogP) is 4.61. The van der Waals surface area contributed by atoms with Gasteiger partial charge in [-0.3, -0.25) is 4.79 Å². The van der Waals surface area contributed by atoms with Gasteiger partial charge in [0, 0.05) is 24.1 Å². The van der Waals surface area contributed by atoms with Gasteiger partial charge in [-0.05, 0) is 51.5 Å². The molecule has 2 aromatic rings. The maximum Gasteiger partial charge on any atom is 0.251 e. The Balaban J connectivity index is 2.36. The van der Waals surface area contributed by atoms with Crippen LogP contribution in [0.2, 0.25) is 0 Å². The number of nitrogens with one attached hydrogen (secondary N) is 1. The van der Waals surface area contributed by atoms with Crippen molar-refractivity contribution in [1.82, 2.24) is 9.62 Å². The summed E-state index contributed by atoms with van der Waals surface area (Å²) in [5, 5.41) is 3.07. The Morgan fingerprint density at radius 1 is 1.11 bits per heavy atom. The summed E-state index contributed by atoms with van der Waals surface area (Å²) in [6, 6.07) is 14.2. The Hall–Kier alpha value is -1.70. The zero-order valence-electron chi connectivity index (χ0n) is 16.9. The van der Waals surface area contributed by atoms with Crippen molar-refractivity contribution in [1.29, 1.82) is 0 Å². The molecule has 0 saturated heterocycles. The zero-order valence-corrected chi connectivity index (χ0v) is 19.3. The lowest BCUT2D eigenvalue weighted by Crippen LogP contribution is -2.31. The number of sulfonamides is 1. The second kappa shape index (κ2) is 8.76. The van der Waals surface area contributed by atoms with Crippen LogP contribution in [0.3, 0.4) is 0 Å². The second-order valence-electron chi connectivity index (χ2n) is 8.13. The molecule has 2 aromatic carbocycles. The average molecular weight is 467 g/mol. The molecule has 0 spiro atoms. The molecule has 0 aliphatic heterocycles. The molecule has 0 bridgehead atoms. The molecule has 28 heavy (non-hydrogen) atoms. The van der Waals surface area contributed by atoms with Crippen LogP contribution in [0.5, 0.6) is 0 Å². The maximum atomic E-state index is 12.9. The SMILES string of the molecule is CN(C)S(=O)(=O)c1cc(C(=O)NC(CC(C)(C)C)c2ccccc2)ccc1Br. The van der Waals surface area contributed by atoms with E-state index < -0.39 is 10.0 Å². The van der Waals surface area contributed by atoms with Gasteiger partial charge in [-0.15, -0.1) is 0 Å². The van der Waals surface area contributed by atoms with E-state index in [2.05, 4.69) is 42.0 Å². The van der Waals surface area contributed by atoms with Crippen LogP contribution in [0.15, 0.2) is 57.9 Å². The van der Waals surface area contributed by atoms with Crippen molar-refractivity contribution < 1.29 is 13.2 Å². The molecule has 5 nitrogen and oxygen atoms in total. The Kier molecular flexibility index (Phi) is 7.07. The fraction of sp³-hybridized carbons (Fsp3) is 0.381. The molecule has 0 aliphatic carbocycles. The highest BCUT2D eigenvalue weighted by Gasteiger charge is 2.25. The van der Waals surface area contributed by atoms with E-state index in [0.29, 0.717) is 10.0 Å². The quantitative estimate of drug-likeness (QED) is 0.675. The van der Waals surface area contributed by atoms with Gasteiger partial charge < -0.3 is 5.32 Å². The minimum Gasteiger partial charge on any atom is -0.345 e. The van der Waals surface area contributed by atoms with Crippen molar-refractivity contribution in [3.8, 4) is 0 Å². The van der Waals surface area contributed by atoms with Gasteiger partial charge in [-0.2, -0.15) is 0 Å². The summed E-state index contributed by atoms with van der Waals surface area (Å²) < 4.78 is 26.6. The monoisotopic (exact) mass is 466 g/mol. The Bertz CT molecular complexity index is 936. The van der Waals surface area contributed by atoms with Gasteiger partial charge in [0.25, 0.3) is 5.91 Å². The van der Waals surface area contributed by atoms with Gasteiger partial charge >= 0.3 is 0 Å². The van der Waals surface area contributed by atoms with Crippen LogP contribution in [-0.4, -0.2) is 32.7 Å². The largest absolute Gasteiger partial charge is 0.345 e. The van der Waals surface area contributed by atoms with E-state index in [1.807, 2.05) is 30.3 Å². The highest BCUT2D eigenvalue weighted by Crippen LogP contribution is 2.30. The second-order valence-corrected chi connectivity index (χ2v) is 11.1. The van der Waals surface area contributed by atoms with Crippen LogP contribution < -0.4 is 5.32 Å². The number of carbonyl (C=O) groups is 1. The molecular weight excluding hydrogens is 440 g/mol. The summed E-state index contributed by atoms with van der Waals surface area (Å²) in [6.45, 7) is 6.36. The molecule has 1 N–H and O–H groups in total. The van der Waals surface area contributed by atoms with Crippen molar-refractivity contribution in [2.45, 2.75) is 38.1 Å². The summed E-state index contributed by atoms with van der Waals surface area (Å²) in [7, 11) is -0.743. The topological polar surface area (TPSA) is 66.5 Å². The van der Waals surface area contributed by atoms with Crippen molar-refractivity contribution in [3.63, 3.8) is 0 Å². The highest BCUT2D eigenvalue weighted by atomic mass is 79.9. The molecule has 2 rings (SSSR count). The summed E-state index contributed by atoms with van der Waals surface area (Å²) in [5.41, 5.74) is 1.33. The molecule has 0 saturated carbocycles. The van der Waals surface area contributed by atoms with E-state index in [9.17, 15) is 13.2 Å². The van der Waals surface area contributed by atoms with Gasteiger partial charge in [-0.1, -0.05) is 51.1 Å². The number of rotatable bonds is 6. The van der Waals surface area contributed by atoms with Crippen molar-refractivity contribution in [2.75, 3.05) is 14.1 Å². The van der Waals surface area contributed by atoms with E-state index in [-0.39, 0.29) is 22.3 Å². The molecule has 0 fully saturated rings. The fourth-order valence-electron chi connectivity index (χ4n) is 2.83. The average Bonchev–Trinajstić information content (AvgIpc) is 2.60. The first-order valence-electron chi connectivity index (χ1n) is 9.00. The van der Waals surface area contributed by atoms with Crippen LogP contribution in [0.25, 0.3) is 0 Å². The number of halogens is 1. The molecule has 1 atom stereocenters. The molecule has 0 aromatic heterocycles. The van der Waals surface area contributed by atoms with Gasteiger partial charge in [0.15, 0.2) is 0 Å². The van der Waals surface area contributed by atoms with Crippen LogP contribution in [0.1, 0.15) is 49.2 Å². The van der Waals surface area contributed by atoms with E-state index >= 15 is 0 Å². The Labute approximate surface area is 176 Å². The van der Waals surface area contributed by atoms with Crippen molar-refractivity contribution in [2.24, 2.45) is 5.41 Å². The van der Waals surface area contributed by atoms with E-state index in [0.717, 1.165) is 16.3 Å². The minimum absolute atomic E-state index is 0.00687. The van der Waals surface area contributed by atoms with Gasteiger partial charge in [0.2, 0.25) is 10.0 Å². The summed E-state index contributed by atoms with van der Waals surface area (Å²) >= 11 is 3.27. The van der Waals surface area contributed by atoms with E-state index in [4.69, 9.17) is 0 Å². The van der Waals surface area contributed by atoms with Crippen LogP contribution in [0.4, 0.5) is 0 Å². The molecular formula is C21H27BrN2O3S. The first kappa shape index (κ1) is 22.6. The van der Waals surface area contributed by atoms with E-state index in [1.54, 1.807) is 12.1 Å². The number of hydrogen-bond acceptors (Lipinski definition) is 3. The van der Waals surface area contributed by atoms with Gasteiger partial charge in [0.05, 0.1) is 10.9 Å². The minimum atomic E-state index is -3.67. The molecule has 7 heteroatoms. The lowest BCUT2D eigenvalue weighted by Gasteiger charge is -2.27. The number of nitrogens with zero attached hydrogens (tertiary/aromatic N) is 1. The number of carbonyl (C=O) groups excluding carboxylic acids is 1. The molecule has 152 valence electrons. The van der Waals surface area contributed by atoms with Gasteiger partial charge in [-0.25, -0.2) is 12.7 Å². The smallest absolute Gasteiger partial charge is 0.251 e. The molecule has 1 unspecified atom stereocenters. The standard InChI is InChI=1S/C21H27BrN2O3S/c1-21(2,3)14-18(15-9-7-6-8-10-15)23-20(25)16-11-12-17(22)19(13-16)28(26,27)24(4)5/h6-13,18H,14H2,1-5H3,(H,23,25). The molecule has 0 heterocycles.